The second-order valence-corrected chi connectivity index (χ2v) is 6.32. The van der Waals surface area contributed by atoms with Crippen LogP contribution < -0.4 is 19.7 Å². The summed E-state index contributed by atoms with van der Waals surface area (Å²) in [6.07, 6.45) is 0.160. The molecule has 0 saturated carbocycles. The Morgan fingerprint density at radius 1 is 1.04 bits per heavy atom. The van der Waals surface area contributed by atoms with Crippen molar-refractivity contribution in [3.8, 4) is 11.5 Å². The predicted molar refractivity (Wildman–Crippen MR) is 107 cm³/mol. The first-order chi connectivity index (χ1) is 12.8. The van der Waals surface area contributed by atoms with Crippen molar-refractivity contribution in [2.75, 3.05) is 31.0 Å². The third-order valence-corrected chi connectivity index (χ3v) is 4.28. The highest BCUT2D eigenvalue weighted by molar-refractivity contribution is 5.96. The molecule has 0 atom stereocenters. The molecule has 27 heavy (non-hydrogen) atoms. The van der Waals surface area contributed by atoms with Crippen molar-refractivity contribution in [3.05, 3.63) is 47.5 Å². The van der Waals surface area contributed by atoms with E-state index in [9.17, 15) is 9.59 Å². The van der Waals surface area contributed by atoms with Gasteiger partial charge in [-0.15, -0.1) is 0 Å². The fraction of sp³-hybridized carbons (Fsp3) is 0.333. The van der Waals surface area contributed by atoms with Crippen LogP contribution in [0.25, 0.3) is 0 Å². The largest absolute Gasteiger partial charge is 0.497 e. The zero-order valence-corrected chi connectivity index (χ0v) is 16.5. The van der Waals surface area contributed by atoms with Gasteiger partial charge in [-0.1, -0.05) is 12.1 Å². The van der Waals surface area contributed by atoms with Gasteiger partial charge in [0.15, 0.2) is 0 Å². The van der Waals surface area contributed by atoms with Crippen LogP contribution in [0.15, 0.2) is 36.4 Å². The van der Waals surface area contributed by atoms with Crippen molar-refractivity contribution < 1.29 is 19.1 Å². The molecule has 0 bridgehead atoms. The highest BCUT2D eigenvalue weighted by Crippen LogP contribution is 2.29. The van der Waals surface area contributed by atoms with E-state index in [1.807, 2.05) is 32.0 Å². The normalized spacial score (nSPS) is 10.3. The molecule has 6 nitrogen and oxygen atoms in total. The SMILES string of the molecule is COc1ccc(OC)c(NC(=O)CCN(C(C)=O)c2cc(C)ccc2C)c1. The van der Waals surface area contributed by atoms with Gasteiger partial charge in [-0.05, 0) is 43.2 Å². The summed E-state index contributed by atoms with van der Waals surface area (Å²) < 4.78 is 10.5. The molecule has 0 unspecified atom stereocenters. The molecule has 0 heterocycles. The highest BCUT2D eigenvalue weighted by atomic mass is 16.5. The number of ether oxygens (including phenoxy) is 2. The maximum Gasteiger partial charge on any atom is 0.226 e. The van der Waals surface area contributed by atoms with Gasteiger partial charge in [-0.3, -0.25) is 9.59 Å². The lowest BCUT2D eigenvalue weighted by Crippen LogP contribution is -2.32. The summed E-state index contributed by atoms with van der Waals surface area (Å²) in [6, 6.07) is 11.1. The van der Waals surface area contributed by atoms with E-state index in [-0.39, 0.29) is 24.8 Å². The number of hydrogen-bond acceptors (Lipinski definition) is 4. The molecule has 0 fully saturated rings. The second-order valence-electron chi connectivity index (χ2n) is 6.32. The maximum atomic E-state index is 12.4. The van der Waals surface area contributed by atoms with Gasteiger partial charge in [-0.2, -0.15) is 0 Å². The number of rotatable bonds is 7. The van der Waals surface area contributed by atoms with Crippen molar-refractivity contribution in [2.45, 2.75) is 27.2 Å². The summed E-state index contributed by atoms with van der Waals surface area (Å²) in [6.45, 7) is 5.72. The van der Waals surface area contributed by atoms with E-state index < -0.39 is 0 Å². The lowest BCUT2D eigenvalue weighted by Gasteiger charge is -2.23. The van der Waals surface area contributed by atoms with Gasteiger partial charge in [0.1, 0.15) is 11.5 Å². The number of benzene rings is 2. The Morgan fingerprint density at radius 3 is 2.41 bits per heavy atom. The average molecular weight is 370 g/mol. The molecule has 0 aromatic heterocycles. The Labute approximate surface area is 160 Å². The number of nitrogens with zero attached hydrogens (tertiary/aromatic N) is 1. The molecule has 2 aromatic carbocycles. The molecule has 144 valence electrons. The van der Waals surface area contributed by atoms with E-state index in [2.05, 4.69) is 5.32 Å². The van der Waals surface area contributed by atoms with Crippen molar-refractivity contribution in [1.29, 1.82) is 0 Å². The van der Waals surface area contributed by atoms with E-state index in [0.717, 1.165) is 16.8 Å². The van der Waals surface area contributed by atoms with Gasteiger partial charge in [-0.25, -0.2) is 0 Å². The Bertz CT molecular complexity index is 833. The van der Waals surface area contributed by atoms with Crippen LogP contribution in [0.4, 0.5) is 11.4 Å². The van der Waals surface area contributed by atoms with E-state index in [4.69, 9.17) is 9.47 Å². The molecule has 0 aliphatic heterocycles. The number of nitrogens with one attached hydrogen (secondary N) is 1. The molecule has 0 spiro atoms. The minimum atomic E-state index is -0.210. The van der Waals surface area contributed by atoms with Crippen LogP contribution in [0.3, 0.4) is 0 Å². The first-order valence-electron chi connectivity index (χ1n) is 8.73. The monoisotopic (exact) mass is 370 g/mol. The number of carbonyl (C=O) groups is 2. The Morgan fingerprint density at radius 2 is 1.78 bits per heavy atom. The maximum absolute atomic E-state index is 12.4. The zero-order chi connectivity index (χ0) is 20.0. The number of amides is 2. The van der Waals surface area contributed by atoms with Crippen LogP contribution in [0.1, 0.15) is 24.5 Å². The quantitative estimate of drug-likeness (QED) is 0.807. The molecular formula is C21H26N2O4. The van der Waals surface area contributed by atoms with Gasteiger partial charge in [0.25, 0.3) is 0 Å². The van der Waals surface area contributed by atoms with E-state index in [1.54, 1.807) is 30.2 Å². The third kappa shape index (κ3) is 5.23. The van der Waals surface area contributed by atoms with Crippen molar-refractivity contribution in [3.63, 3.8) is 0 Å². The Balaban J connectivity index is 2.11. The molecule has 2 amide bonds. The minimum absolute atomic E-state index is 0.101. The van der Waals surface area contributed by atoms with Gasteiger partial charge >= 0.3 is 0 Å². The van der Waals surface area contributed by atoms with Gasteiger partial charge in [0.2, 0.25) is 11.8 Å². The predicted octanol–water partition coefficient (Wildman–Crippen LogP) is 3.70. The minimum Gasteiger partial charge on any atom is -0.497 e. The topological polar surface area (TPSA) is 67.9 Å². The Kier molecular flexibility index (Phi) is 6.82. The summed E-state index contributed by atoms with van der Waals surface area (Å²) in [7, 11) is 3.10. The molecule has 0 aliphatic rings. The summed E-state index contributed by atoms with van der Waals surface area (Å²) in [5.74, 6) is 0.850. The smallest absolute Gasteiger partial charge is 0.226 e. The molecule has 0 radical (unpaired) electrons. The molecule has 6 heteroatoms. The van der Waals surface area contributed by atoms with Crippen LogP contribution in [-0.2, 0) is 9.59 Å². The zero-order valence-electron chi connectivity index (χ0n) is 16.5. The lowest BCUT2D eigenvalue weighted by molar-refractivity contribution is -0.117. The molecular weight excluding hydrogens is 344 g/mol. The van der Waals surface area contributed by atoms with Crippen LogP contribution >= 0.6 is 0 Å². The summed E-state index contributed by atoms with van der Waals surface area (Å²) in [5, 5.41) is 2.83. The number of aryl methyl sites for hydroxylation is 2. The molecule has 2 rings (SSSR count). The van der Waals surface area contributed by atoms with E-state index >= 15 is 0 Å². The van der Waals surface area contributed by atoms with E-state index in [1.165, 1.54) is 14.0 Å². The number of anilines is 2. The second kappa shape index (κ2) is 9.07. The summed E-state index contributed by atoms with van der Waals surface area (Å²) in [4.78, 5) is 26.2. The summed E-state index contributed by atoms with van der Waals surface area (Å²) >= 11 is 0. The number of methoxy groups -OCH3 is 2. The number of carbonyl (C=O) groups excluding carboxylic acids is 2. The molecule has 1 N–H and O–H groups in total. The molecule has 2 aromatic rings. The van der Waals surface area contributed by atoms with Crippen LogP contribution in [0.2, 0.25) is 0 Å². The lowest BCUT2D eigenvalue weighted by atomic mass is 10.1. The highest BCUT2D eigenvalue weighted by Gasteiger charge is 2.16. The first kappa shape index (κ1) is 20.3. The summed E-state index contributed by atoms with van der Waals surface area (Å²) in [5.41, 5.74) is 3.41. The number of hydrogen-bond donors (Lipinski definition) is 1. The van der Waals surface area contributed by atoms with Gasteiger partial charge in [0.05, 0.1) is 19.9 Å². The standard InChI is InChI=1S/C21H26N2O4/c1-14-6-7-15(2)19(12-14)23(16(3)24)11-10-21(25)22-18-13-17(26-4)8-9-20(18)27-5/h6-9,12-13H,10-11H2,1-5H3,(H,22,25). The van der Waals surface area contributed by atoms with Crippen LogP contribution in [0.5, 0.6) is 11.5 Å². The third-order valence-electron chi connectivity index (χ3n) is 4.28. The fourth-order valence-electron chi connectivity index (χ4n) is 2.80. The van der Waals surface area contributed by atoms with Gasteiger partial charge < -0.3 is 19.7 Å². The first-order valence-corrected chi connectivity index (χ1v) is 8.73. The van der Waals surface area contributed by atoms with Crippen molar-refractivity contribution in [2.24, 2.45) is 0 Å². The van der Waals surface area contributed by atoms with Crippen LogP contribution in [0, 0.1) is 13.8 Å². The Hall–Kier alpha value is -3.02. The molecule has 0 aliphatic carbocycles. The van der Waals surface area contributed by atoms with Crippen LogP contribution in [-0.4, -0.2) is 32.6 Å². The fourth-order valence-corrected chi connectivity index (χ4v) is 2.80. The van der Waals surface area contributed by atoms with E-state index in [0.29, 0.717) is 17.2 Å². The van der Waals surface area contributed by atoms with Crippen molar-refractivity contribution >= 4 is 23.2 Å². The average Bonchev–Trinajstić information content (AvgIpc) is 2.64. The molecule has 0 saturated heterocycles. The van der Waals surface area contributed by atoms with Gasteiger partial charge in [0, 0.05) is 31.6 Å². The van der Waals surface area contributed by atoms with Crippen molar-refractivity contribution in [1.82, 2.24) is 0 Å².